The second-order valence-electron chi connectivity index (χ2n) is 7.17. The number of hydrogen-bond donors (Lipinski definition) is 1. The molecule has 1 fully saturated rings. The van der Waals surface area contributed by atoms with Crippen LogP contribution in [-0.2, 0) is 16.0 Å². The number of amides is 2. The van der Waals surface area contributed by atoms with Crippen molar-refractivity contribution in [2.75, 3.05) is 45.1 Å². The van der Waals surface area contributed by atoms with Crippen molar-refractivity contribution in [2.24, 2.45) is 0 Å². The quantitative estimate of drug-likeness (QED) is 0.691. The number of carbonyl (C=O) groups excluding carboxylic acids is 2. The number of hydrogen-bond acceptors (Lipinski definition) is 6. The Morgan fingerprint density at radius 3 is 2.34 bits per heavy atom. The van der Waals surface area contributed by atoms with E-state index in [2.05, 4.69) is 5.32 Å². The van der Waals surface area contributed by atoms with Crippen molar-refractivity contribution in [2.45, 2.75) is 18.9 Å². The summed E-state index contributed by atoms with van der Waals surface area (Å²) >= 11 is 0. The van der Waals surface area contributed by atoms with Crippen LogP contribution in [0, 0.1) is 0 Å². The molecule has 1 N–H and O–H groups in total. The van der Waals surface area contributed by atoms with Crippen LogP contribution in [0.1, 0.15) is 12.0 Å². The van der Waals surface area contributed by atoms with Crippen LogP contribution in [0.25, 0.3) is 0 Å². The van der Waals surface area contributed by atoms with Crippen LogP contribution in [0.4, 0.5) is 11.4 Å². The lowest BCUT2D eigenvalue weighted by Crippen LogP contribution is -2.36. The van der Waals surface area contributed by atoms with E-state index in [4.69, 9.17) is 9.47 Å². The first-order valence-corrected chi connectivity index (χ1v) is 9.52. The van der Waals surface area contributed by atoms with Gasteiger partial charge in [0.2, 0.25) is 5.91 Å². The van der Waals surface area contributed by atoms with Gasteiger partial charge in [0.05, 0.1) is 20.6 Å². The Hall–Kier alpha value is -3.22. The fourth-order valence-corrected chi connectivity index (χ4v) is 3.36. The molecule has 2 aromatic carbocycles. The first kappa shape index (κ1) is 20.5. The number of rotatable bonds is 8. The molecule has 1 heterocycles. The molecule has 7 nitrogen and oxygen atoms in total. The van der Waals surface area contributed by atoms with E-state index in [0.29, 0.717) is 24.5 Å². The van der Waals surface area contributed by atoms with Crippen LogP contribution >= 0.6 is 0 Å². The molecule has 7 heteroatoms. The topological polar surface area (TPSA) is 71.1 Å². The molecule has 2 aromatic rings. The number of ether oxygens (including phenoxy) is 2. The third-order valence-corrected chi connectivity index (χ3v) is 5.04. The van der Waals surface area contributed by atoms with Crippen LogP contribution in [0.2, 0.25) is 0 Å². The van der Waals surface area contributed by atoms with Crippen LogP contribution < -0.4 is 19.7 Å². The summed E-state index contributed by atoms with van der Waals surface area (Å²) in [6.07, 6.45) is 0.724. The molecule has 0 bridgehead atoms. The summed E-state index contributed by atoms with van der Waals surface area (Å²) in [6, 6.07) is 12.8. The lowest BCUT2D eigenvalue weighted by atomic mass is 10.1. The summed E-state index contributed by atoms with van der Waals surface area (Å²) in [5.74, 6) is 0.934. The summed E-state index contributed by atoms with van der Waals surface area (Å²) in [5, 5.41) is 3.18. The highest BCUT2D eigenvalue weighted by Gasteiger charge is 2.38. The SMILES string of the molecule is COc1ccc(CCN2C(=O)C[C@H](Nc3ccc(N(C)C)cc3)C2=O)cc1OC. The maximum Gasteiger partial charge on any atom is 0.252 e. The van der Waals surface area contributed by atoms with E-state index in [1.807, 2.05) is 61.5 Å². The number of benzene rings is 2. The maximum absolute atomic E-state index is 12.7. The standard InChI is InChI=1S/C22H27N3O4/c1-24(2)17-8-6-16(7-9-17)23-18-14-21(26)25(22(18)27)12-11-15-5-10-19(28-3)20(13-15)29-4/h5-10,13,18,23H,11-12,14H2,1-4H3/t18-/m0/s1. The molecule has 0 saturated carbocycles. The van der Waals surface area contributed by atoms with E-state index < -0.39 is 6.04 Å². The Morgan fingerprint density at radius 2 is 1.72 bits per heavy atom. The van der Waals surface area contributed by atoms with Gasteiger partial charge in [0.1, 0.15) is 6.04 Å². The van der Waals surface area contributed by atoms with E-state index in [0.717, 1.165) is 16.9 Å². The predicted octanol–water partition coefficient (Wildman–Crippen LogP) is 2.55. The highest BCUT2D eigenvalue weighted by atomic mass is 16.5. The van der Waals surface area contributed by atoms with Gasteiger partial charge in [-0.2, -0.15) is 0 Å². The minimum atomic E-state index is -0.530. The van der Waals surface area contributed by atoms with E-state index >= 15 is 0 Å². The summed E-state index contributed by atoms with van der Waals surface area (Å²) in [6.45, 7) is 0.338. The molecule has 0 radical (unpaired) electrons. The van der Waals surface area contributed by atoms with Gasteiger partial charge in [-0.3, -0.25) is 14.5 Å². The molecule has 154 valence electrons. The fourth-order valence-electron chi connectivity index (χ4n) is 3.36. The predicted molar refractivity (Wildman–Crippen MR) is 113 cm³/mol. The number of nitrogens with one attached hydrogen (secondary N) is 1. The van der Waals surface area contributed by atoms with Gasteiger partial charge in [0.25, 0.3) is 5.91 Å². The van der Waals surface area contributed by atoms with Crippen molar-refractivity contribution >= 4 is 23.2 Å². The van der Waals surface area contributed by atoms with E-state index in [-0.39, 0.29) is 18.2 Å². The van der Waals surface area contributed by atoms with Gasteiger partial charge in [-0.05, 0) is 48.4 Å². The van der Waals surface area contributed by atoms with Crippen molar-refractivity contribution in [3.05, 3.63) is 48.0 Å². The third kappa shape index (κ3) is 4.62. The van der Waals surface area contributed by atoms with E-state index in [9.17, 15) is 9.59 Å². The lowest BCUT2D eigenvalue weighted by Gasteiger charge is -2.17. The third-order valence-electron chi connectivity index (χ3n) is 5.04. The highest BCUT2D eigenvalue weighted by Crippen LogP contribution is 2.28. The number of nitrogens with zero attached hydrogens (tertiary/aromatic N) is 2. The fraction of sp³-hybridized carbons (Fsp3) is 0.364. The number of anilines is 2. The van der Waals surface area contributed by atoms with Gasteiger partial charge in [-0.25, -0.2) is 0 Å². The maximum atomic E-state index is 12.7. The molecule has 0 unspecified atom stereocenters. The number of imide groups is 1. The van der Waals surface area contributed by atoms with Gasteiger partial charge in [-0.15, -0.1) is 0 Å². The molecule has 0 aromatic heterocycles. The van der Waals surface area contributed by atoms with Crippen LogP contribution in [0.5, 0.6) is 11.5 Å². The van der Waals surface area contributed by atoms with Crippen molar-refractivity contribution in [1.82, 2.24) is 4.90 Å². The molecule has 3 rings (SSSR count). The summed E-state index contributed by atoms with van der Waals surface area (Å²) in [5.41, 5.74) is 2.86. The Morgan fingerprint density at radius 1 is 1.03 bits per heavy atom. The Labute approximate surface area is 171 Å². The van der Waals surface area contributed by atoms with Crippen molar-refractivity contribution in [1.29, 1.82) is 0 Å². The minimum absolute atomic E-state index is 0.155. The summed E-state index contributed by atoms with van der Waals surface area (Å²) < 4.78 is 10.6. The van der Waals surface area contributed by atoms with Crippen LogP contribution in [-0.4, -0.2) is 57.6 Å². The molecule has 1 aliphatic heterocycles. The molecule has 1 aliphatic rings. The van der Waals surface area contributed by atoms with Gasteiger partial charge in [0, 0.05) is 32.0 Å². The zero-order valence-corrected chi connectivity index (χ0v) is 17.3. The summed E-state index contributed by atoms with van der Waals surface area (Å²) in [4.78, 5) is 28.5. The first-order chi connectivity index (χ1) is 13.9. The molecule has 2 amide bonds. The van der Waals surface area contributed by atoms with Crippen molar-refractivity contribution in [3.63, 3.8) is 0 Å². The van der Waals surface area contributed by atoms with Gasteiger partial charge in [-0.1, -0.05) is 6.07 Å². The Balaban J connectivity index is 1.61. The molecule has 29 heavy (non-hydrogen) atoms. The smallest absolute Gasteiger partial charge is 0.252 e. The van der Waals surface area contributed by atoms with E-state index in [1.54, 1.807) is 14.2 Å². The van der Waals surface area contributed by atoms with Gasteiger partial charge >= 0.3 is 0 Å². The molecule has 0 aliphatic carbocycles. The number of methoxy groups -OCH3 is 2. The molecular formula is C22H27N3O4. The number of likely N-dealkylation sites (tertiary alicyclic amines) is 1. The van der Waals surface area contributed by atoms with Crippen molar-refractivity contribution < 1.29 is 19.1 Å². The normalized spacial score (nSPS) is 16.1. The second-order valence-corrected chi connectivity index (χ2v) is 7.17. The Kier molecular flexibility index (Phi) is 6.26. The van der Waals surface area contributed by atoms with Crippen molar-refractivity contribution in [3.8, 4) is 11.5 Å². The highest BCUT2D eigenvalue weighted by molar-refractivity contribution is 6.06. The summed E-state index contributed by atoms with van der Waals surface area (Å²) in [7, 11) is 7.10. The van der Waals surface area contributed by atoms with Crippen LogP contribution in [0.15, 0.2) is 42.5 Å². The first-order valence-electron chi connectivity index (χ1n) is 9.52. The molecular weight excluding hydrogens is 370 g/mol. The molecule has 0 spiro atoms. The Bertz CT molecular complexity index is 880. The average molecular weight is 397 g/mol. The monoisotopic (exact) mass is 397 g/mol. The number of carbonyl (C=O) groups is 2. The molecule has 1 atom stereocenters. The van der Waals surface area contributed by atoms with Gasteiger partial charge < -0.3 is 19.7 Å². The van der Waals surface area contributed by atoms with Crippen LogP contribution in [0.3, 0.4) is 0 Å². The minimum Gasteiger partial charge on any atom is -0.493 e. The zero-order chi connectivity index (χ0) is 21.0. The largest absolute Gasteiger partial charge is 0.493 e. The second kappa shape index (κ2) is 8.86. The van der Waals surface area contributed by atoms with E-state index in [1.165, 1.54) is 4.90 Å². The zero-order valence-electron chi connectivity index (χ0n) is 17.3. The molecule has 1 saturated heterocycles. The lowest BCUT2D eigenvalue weighted by molar-refractivity contribution is -0.138. The average Bonchev–Trinajstić information content (AvgIpc) is 2.99. The van der Waals surface area contributed by atoms with Gasteiger partial charge in [0.15, 0.2) is 11.5 Å².